The second-order valence-corrected chi connectivity index (χ2v) is 3.92. The minimum atomic E-state index is -0.123. The summed E-state index contributed by atoms with van der Waals surface area (Å²) in [5.74, 6) is 0. The maximum absolute atomic E-state index is 5.42. The van der Waals surface area contributed by atoms with Crippen molar-refractivity contribution >= 4 is 14.7 Å². The van der Waals surface area contributed by atoms with Crippen LogP contribution in [0.4, 0.5) is 0 Å². The van der Waals surface area contributed by atoms with Gasteiger partial charge in [0.25, 0.3) is 0 Å². The van der Waals surface area contributed by atoms with E-state index in [0.717, 1.165) is 6.17 Å². The largest absolute Gasteiger partial charge is 0.333 e. The van der Waals surface area contributed by atoms with Crippen molar-refractivity contribution in [3.05, 3.63) is 30.3 Å². The van der Waals surface area contributed by atoms with E-state index >= 15 is 0 Å². The molecule has 0 fully saturated rings. The Hall–Kier alpha value is -0.603. The predicted octanol–water partition coefficient (Wildman–Crippen LogP) is -0.603. The highest BCUT2D eigenvalue weighted by Crippen LogP contribution is 1.79. The highest BCUT2D eigenvalue weighted by molar-refractivity contribution is 6.53. The molecule has 0 aliphatic rings. The van der Waals surface area contributed by atoms with Gasteiger partial charge in [-0.3, -0.25) is 0 Å². The van der Waals surface area contributed by atoms with E-state index in [2.05, 4.69) is 24.3 Å². The second-order valence-electron chi connectivity index (χ2n) is 2.02. The summed E-state index contributed by atoms with van der Waals surface area (Å²) in [4.78, 5) is 0. The van der Waals surface area contributed by atoms with Gasteiger partial charge in [0.1, 0.15) is 0 Å². The summed E-state index contributed by atoms with van der Waals surface area (Å²) in [6, 6.07) is 10.5. The minimum Gasteiger partial charge on any atom is -0.333 e. The van der Waals surface area contributed by atoms with Gasteiger partial charge >= 0.3 is 0 Å². The summed E-state index contributed by atoms with van der Waals surface area (Å²) < 4.78 is 0. The molecule has 0 aliphatic carbocycles. The van der Waals surface area contributed by atoms with Crippen LogP contribution in [0.15, 0.2) is 30.3 Å². The van der Waals surface area contributed by atoms with E-state index in [1.807, 2.05) is 6.07 Å². The van der Waals surface area contributed by atoms with Crippen LogP contribution in [0.1, 0.15) is 0 Å². The molecule has 0 saturated heterocycles. The summed E-state index contributed by atoms with van der Waals surface area (Å²) in [6.45, 7) is 0. The number of benzene rings is 1. The van der Waals surface area contributed by atoms with Crippen molar-refractivity contribution in [3.63, 3.8) is 0 Å². The normalized spacial score (nSPS) is 10.8. The maximum Gasteiger partial charge on any atom is 0.0697 e. The predicted molar refractivity (Wildman–Crippen MR) is 43.7 cm³/mol. The van der Waals surface area contributed by atoms with E-state index in [1.54, 1.807) is 0 Å². The van der Waals surface area contributed by atoms with Crippen LogP contribution >= 0.6 is 0 Å². The number of hydrogen-bond acceptors (Lipinski definition) is 1. The highest BCUT2D eigenvalue weighted by atomic mass is 28.2. The zero-order valence-corrected chi connectivity index (χ0v) is 6.79. The van der Waals surface area contributed by atoms with Gasteiger partial charge in [-0.2, -0.15) is 0 Å². The van der Waals surface area contributed by atoms with Gasteiger partial charge < -0.3 is 5.73 Å². The first-order valence-corrected chi connectivity index (χ1v) is 4.88. The summed E-state index contributed by atoms with van der Waals surface area (Å²) in [5, 5.41) is 1.46. The molecule has 9 heavy (non-hydrogen) atoms. The molecule has 1 aromatic carbocycles. The van der Waals surface area contributed by atoms with Crippen LogP contribution in [0.5, 0.6) is 0 Å². The summed E-state index contributed by atoms with van der Waals surface area (Å²) in [5.41, 5.74) is 5.42. The lowest BCUT2D eigenvalue weighted by molar-refractivity contribution is 1.37. The zero-order chi connectivity index (χ0) is 6.53. The van der Waals surface area contributed by atoms with E-state index in [0.29, 0.717) is 0 Å². The van der Waals surface area contributed by atoms with Gasteiger partial charge in [-0.25, -0.2) is 0 Å². The first kappa shape index (κ1) is 6.52. The molecule has 0 aliphatic heterocycles. The molecule has 0 aromatic heterocycles. The van der Waals surface area contributed by atoms with Gasteiger partial charge in [0.05, 0.1) is 9.52 Å². The molecule has 1 rings (SSSR count). The van der Waals surface area contributed by atoms with Crippen LogP contribution in [0.2, 0.25) is 0 Å². The summed E-state index contributed by atoms with van der Waals surface area (Å²) >= 11 is 0. The van der Waals surface area contributed by atoms with E-state index in [4.69, 9.17) is 5.73 Å². The van der Waals surface area contributed by atoms with E-state index < -0.39 is 0 Å². The molecule has 0 radical (unpaired) electrons. The minimum absolute atomic E-state index is 0.123. The van der Waals surface area contributed by atoms with Crippen molar-refractivity contribution in [2.45, 2.75) is 0 Å². The Bertz CT molecular complexity index is 162. The number of hydrogen-bond donors (Lipinski definition) is 1. The Kier molecular flexibility index (Phi) is 2.48. The smallest absolute Gasteiger partial charge is 0.0697 e. The van der Waals surface area contributed by atoms with Gasteiger partial charge in [-0.15, -0.1) is 0 Å². The van der Waals surface area contributed by atoms with Crippen molar-refractivity contribution in [2.75, 3.05) is 6.17 Å². The third-order valence-corrected chi connectivity index (χ3v) is 2.61. The van der Waals surface area contributed by atoms with Gasteiger partial charge in [-0.05, 0) is 6.17 Å². The van der Waals surface area contributed by atoms with Crippen molar-refractivity contribution in [2.24, 2.45) is 5.73 Å². The quantitative estimate of drug-likeness (QED) is 0.541. The molecule has 2 N–H and O–H groups in total. The monoisotopic (exact) mass is 137 g/mol. The third kappa shape index (κ3) is 1.99. The lowest BCUT2D eigenvalue weighted by Crippen LogP contribution is -2.22. The summed E-state index contributed by atoms with van der Waals surface area (Å²) in [7, 11) is -0.123. The fraction of sp³-hybridized carbons (Fsp3) is 0.143. The van der Waals surface area contributed by atoms with Crippen molar-refractivity contribution in [3.8, 4) is 0 Å². The first-order valence-electron chi connectivity index (χ1n) is 3.17. The van der Waals surface area contributed by atoms with Gasteiger partial charge in [0, 0.05) is 0 Å². The van der Waals surface area contributed by atoms with Gasteiger partial charge in [0.15, 0.2) is 0 Å². The average Bonchev–Trinajstić information content (AvgIpc) is 1.91. The van der Waals surface area contributed by atoms with Crippen LogP contribution < -0.4 is 10.9 Å². The fourth-order valence-electron chi connectivity index (χ4n) is 0.811. The number of rotatable bonds is 2. The topological polar surface area (TPSA) is 26.0 Å². The molecule has 0 amide bonds. The van der Waals surface area contributed by atoms with E-state index in [-0.39, 0.29) is 9.52 Å². The Balaban J connectivity index is 2.61. The lowest BCUT2D eigenvalue weighted by Gasteiger charge is -1.93. The van der Waals surface area contributed by atoms with E-state index in [9.17, 15) is 0 Å². The Morgan fingerprint density at radius 3 is 2.44 bits per heavy atom. The molecule has 0 spiro atoms. The molecular weight excluding hydrogens is 126 g/mol. The Labute approximate surface area is 57.7 Å². The van der Waals surface area contributed by atoms with Gasteiger partial charge in [-0.1, -0.05) is 35.5 Å². The van der Waals surface area contributed by atoms with E-state index in [1.165, 1.54) is 5.19 Å². The molecule has 0 atom stereocenters. The third-order valence-electron chi connectivity index (χ3n) is 1.28. The molecule has 0 bridgehead atoms. The zero-order valence-electron chi connectivity index (χ0n) is 5.38. The molecule has 1 nitrogen and oxygen atoms in total. The second kappa shape index (κ2) is 3.43. The van der Waals surface area contributed by atoms with Crippen LogP contribution in [-0.4, -0.2) is 15.7 Å². The van der Waals surface area contributed by atoms with Crippen LogP contribution in [0, 0.1) is 0 Å². The van der Waals surface area contributed by atoms with Gasteiger partial charge in [0.2, 0.25) is 0 Å². The SMILES string of the molecule is NC[SiH2]c1ccccc1. The van der Waals surface area contributed by atoms with Crippen LogP contribution in [-0.2, 0) is 0 Å². The molecule has 0 heterocycles. The molecular formula is C7H11NSi. The van der Waals surface area contributed by atoms with Crippen molar-refractivity contribution in [1.82, 2.24) is 0 Å². The summed E-state index contributed by atoms with van der Waals surface area (Å²) in [6.07, 6.45) is 0.879. The molecule has 48 valence electrons. The lowest BCUT2D eigenvalue weighted by atomic mass is 10.4. The fourth-order valence-corrected chi connectivity index (χ4v) is 1.75. The van der Waals surface area contributed by atoms with Crippen LogP contribution in [0.25, 0.3) is 0 Å². The Morgan fingerprint density at radius 1 is 1.22 bits per heavy atom. The molecule has 2 heteroatoms. The molecule has 1 aromatic rings. The Morgan fingerprint density at radius 2 is 1.89 bits per heavy atom. The van der Waals surface area contributed by atoms with Crippen molar-refractivity contribution in [1.29, 1.82) is 0 Å². The van der Waals surface area contributed by atoms with Crippen LogP contribution in [0.3, 0.4) is 0 Å². The standard InChI is InChI=1S/C7H11NSi/c8-6-9-7-4-2-1-3-5-7/h1-5H,6,8-9H2. The first-order chi connectivity index (χ1) is 4.43. The molecule has 0 unspecified atom stereocenters. The highest BCUT2D eigenvalue weighted by Gasteiger charge is 1.85. The molecule has 0 saturated carbocycles. The average molecular weight is 137 g/mol. The van der Waals surface area contributed by atoms with Crippen molar-refractivity contribution < 1.29 is 0 Å². The maximum atomic E-state index is 5.42. The number of nitrogens with two attached hydrogens (primary N) is 1.